The number of benzene rings is 1. The number of nitrogens with zero attached hydrogens (tertiary/aromatic N) is 3. The summed E-state index contributed by atoms with van der Waals surface area (Å²) in [7, 11) is 0.442. The van der Waals surface area contributed by atoms with E-state index in [0.29, 0.717) is 24.7 Å². The molecule has 0 aliphatic rings. The lowest BCUT2D eigenvalue weighted by Gasteiger charge is -2.18. The molecule has 0 radical (unpaired) electrons. The Labute approximate surface area is 177 Å². The number of hydrogen-bond acceptors (Lipinski definition) is 6. The summed E-state index contributed by atoms with van der Waals surface area (Å²) in [6.07, 6.45) is 1.35. The van der Waals surface area contributed by atoms with Gasteiger partial charge in [-0.05, 0) is 29.8 Å². The van der Waals surface area contributed by atoms with E-state index in [2.05, 4.69) is 10.3 Å². The smallest absolute Gasteiger partial charge is 0.244 e. The molecule has 0 aliphatic heterocycles. The van der Waals surface area contributed by atoms with Crippen molar-refractivity contribution in [1.29, 1.82) is 0 Å². The molecule has 158 valence electrons. The van der Waals surface area contributed by atoms with Crippen LogP contribution >= 0.6 is 11.8 Å². The lowest BCUT2D eigenvalue weighted by Crippen LogP contribution is -2.30. The van der Waals surface area contributed by atoms with E-state index in [1.165, 1.54) is 28.3 Å². The summed E-state index contributed by atoms with van der Waals surface area (Å²) in [5.74, 6) is 0.110. The van der Waals surface area contributed by atoms with E-state index in [9.17, 15) is 13.2 Å². The van der Waals surface area contributed by atoms with Crippen LogP contribution in [0.4, 0.5) is 5.69 Å². The van der Waals surface area contributed by atoms with Gasteiger partial charge in [0.15, 0.2) is 0 Å². The number of carbonyl (C=O) groups excluding carboxylic acids is 1. The van der Waals surface area contributed by atoms with Crippen molar-refractivity contribution in [2.45, 2.75) is 30.3 Å². The molecule has 0 atom stereocenters. The molecular weight excluding hydrogens is 408 g/mol. The quantitative estimate of drug-likeness (QED) is 0.577. The number of hydrogen-bond donors (Lipinski definition) is 1. The summed E-state index contributed by atoms with van der Waals surface area (Å²) in [5.41, 5.74) is 2.13. The summed E-state index contributed by atoms with van der Waals surface area (Å²) in [4.78, 5) is 18.5. The zero-order chi connectivity index (χ0) is 21.4. The first-order chi connectivity index (χ1) is 13.8. The molecule has 1 aromatic carbocycles. The summed E-state index contributed by atoms with van der Waals surface area (Å²) < 4.78 is 26.3. The molecule has 0 spiro atoms. The van der Waals surface area contributed by atoms with Gasteiger partial charge in [-0.15, -0.1) is 0 Å². The number of anilines is 1. The molecule has 0 bridgehead atoms. The van der Waals surface area contributed by atoms with Crippen LogP contribution in [0.15, 0.2) is 52.5 Å². The second-order valence-electron chi connectivity index (χ2n) is 6.55. The van der Waals surface area contributed by atoms with Gasteiger partial charge in [-0.25, -0.2) is 13.4 Å². The standard InChI is InChI=1S/C20H28N4O3S2/c1-5-24(6-2)29(26,27)18-11-12-20(22-14-18)28-15-19(25)21-13-16-7-9-17(10-8-16)23(3)4/h7-12,14H,5-6,13,15H2,1-4H3,(H,21,25). The molecule has 2 rings (SSSR count). The van der Waals surface area contributed by atoms with Gasteiger partial charge < -0.3 is 10.2 Å². The summed E-state index contributed by atoms with van der Waals surface area (Å²) >= 11 is 1.27. The Balaban J connectivity index is 1.85. The normalized spacial score (nSPS) is 11.5. The zero-order valence-corrected chi connectivity index (χ0v) is 18.9. The highest BCUT2D eigenvalue weighted by Crippen LogP contribution is 2.19. The first-order valence-electron chi connectivity index (χ1n) is 9.39. The number of nitrogens with one attached hydrogen (secondary N) is 1. The number of carbonyl (C=O) groups is 1. The van der Waals surface area contributed by atoms with E-state index < -0.39 is 10.0 Å². The van der Waals surface area contributed by atoms with Gasteiger partial charge in [-0.1, -0.05) is 37.7 Å². The third-order valence-corrected chi connectivity index (χ3v) is 7.32. The fourth-order valence-corrected chi connectivity index (χ4v) is 4.70. The van der Waals surface area contributed by atoms with Gasteiger partial charge in [0.25, 0.3) is 0 Å². The number of pyridine rings is 1. The maximum atomic E-state index is 12.5. The fourth-order valence-electron chi connectivity index (χ4n) is 2.62. The molecule has 2 aromatic rings. The molecule has 1 N–H and O–H groups in total. The lowest BCUT2D eigenvalue weighted by molar-refractivity contribution is -0.118. The Morgan fingerprint density at radius 2 is 1.72 bits per heavy atom. The highest BCUT2D eigenvalue weighted by Gasteiger charge is 2.21. The van der Waals surface area contributed by atoms with E-state index in [-0.39, 0.29) is 16.6 Å². The highest BCUT2D eigenvalue weighted by atomic mass is 32.2. The SMILES string of the molecule is CCN(CC)S(=O)(=O)c1ccc(SCC(=O)NCc2ccc(N(C)C)cc2)nc1. The molecule has 0 saturated carbocycles. The third kappa shape index (κ3) is 6.45. The molecule has 1 heterocycles. The third-order valence-electron chi connectivity index (χ3n) is 4.35. The molecule has 1 amide bonds. The van der Waals surface area contributed by atoms with Crippen LogP contribution in [0.3, 0.4) is 0 Å². The Morgan fingerprint density at radius 1 is 1.07 bits per heavy atom. The maximum Gasteiger partial charge on any atom is 0.244 e. The highest BCUT2D eigenvalue weighted by molar-refractivity contribution is 7.99. The molecule has 0 fully saturated rings. The zero-order valence-electron chi connectivity index (χ0n) is 17.3. The average Bonchev–Trinajstić information content (AvgIpc) is 2.72. The number of thioether (sulfide) groups is 1. The molecular formula is C20H28N4O3S2. The van der Waals surface area contributed by atoms with E-state index in [1.54, 1.807) is 19.9 Å². The van der Waals surface area contributed by atoms with Crippen molar-refractivity contribution in [3.05, 3.63) is 48.2 Å². The van der Waals surface area contributed by atoms with Crippen LogP contribution in [-0.2, 0) is 21.4 Å². The Kier molecular flexibility index (Phi) is 8.48. The number of rotatable bonds is 10. The summed E-state index contributed by atoms with van der Waals surface area (Å²) in [5, 5.41) is 3.49. The monoisotopic (exact) mass is 436 g/mol. The number of aromatic nitrogens is 1. The minimum absolute atomic E-state index is 0.103. The van der Waals surface area contributed by atoms with E-state index in [0.717, 1.165) is 11.3 Å². The lowest BCUT2D eigenvalue weighted by atomic mass is 10.2. The topological polar surface area (TPSA) is 82.6 Å². The first-order valence-corrected chi connectivity index (χ1v) is 11.8. The van der Waals surface area contributed by atoms with Crippen LogP contribution in [-0.4, -0.2) is 56.6 Å². The number of amides is 1. The second-order valence-corrected chi connectivity index (χ2v) is 9.48. The Bertz CT molecular complexity index is 894. The van der Waals surface area contributed by atoms with Crippen LogP contribution in [0, 0.1) is 0 Å². The summed E-state index contributed by atoms with van der Waals surface area (Å²) in [6.45, 7) is 4.88. The minimum Gasteiger partial charge on any atom is -0.378 e. The van der Waals surface area contributed by atoms with Gasteiger partial charge in [-0.2, -0.15) is 4.31 Å². The van der Waals surface area contributed by atoms with E-state index in [4.69, 9.17) is 0 Å². The Hall–Kier alpha value is -2.10. The van der Waals surface area contributed by atoms with Crippen molar-refractivity contribution in [2.75, 3.05) is 37.8 Å². The van der Waals surface area contributed by atoms with Crippen molar-refractivity contribution >= 4 is 33.4 Å². The van der Waals surface area contributed by atoms with Gasteiger partial charge in [0.2, 0.25) is 15.9 Å². The molecule has 9 heteroatoms. The Morgan fingerprint density at radius 3 is 2.24 bits per heavy atom. The fraction of sp³-hybridized carbons (Fsp3) is 0.400. The van der Waals surface area contributed by atoms with E-state index >= 15 is 0 Å². The van der Waals surface area contributed by atoms with Gasteiger partial charge in [-0.3, -0.25) is 4.79 Å². The molecule has 29 heavy (non-hydrogen) atoms. The molecule has 1 aromatic heterocycles. The minimum atomic E-state index is -3.52. The van der Waals surface area contributed by atoms with Gasteiger partial charge in [0.05, 0.1) is 10.8 Å². The van der Waals surface area contributed by atoms with Crippen molar-refractivity contribution in [1.82, 2.24) is 14.6 Å². The van der Waals surface area contributed by atoms with Crippen LogP contribution in [0.25, 0.3) is 0 Å². The van der Waals surface area contributed by atoms with Gasteiger partial charge >= 0.3 is 0 Å². The van der Waals surface area contributed by atoms with Crippen LogP contribution in [0.5, 0.6) is 0 Å². The second kappa shape index (κ2) is 10.6. The summed E-state index contributed by atoms with van der Waals surface area (Å²) in [6, 6.07) is 11.2. The molecule has 7 nitrogen and oxygen atoms in total. The molecule has 0 unspecified atom stereocenters. The van der Waals surface area contributed by atoms with Crippen LogP contribution in [0.2, 0.25) is 0 Å². The van der Waals surface area contributed by atoms with Crippen LogP contribution < -0.4 is 10.2 Å². The average molecular weight is 437 g/mol. The van der Waals surface area contributed by atoms with Gasteiger partial charge in [0, 0.05) is 45.6 Å². The van der Waals surface area contributed by atoms with Crippen molar-refractivity contribution in [3.63, 3.8) is 0 Å². The van der Waals surface area contributed by atoms with Crippen molar-refractivity contribution in [2.24, 2.45) is 0 Å². The van der Waals surface area contributed by atoms with Crippen molar-refractivity contribution in [3.8, 4) is 0 Å². The molecule has 0 aliphatic carbocycles. The maximum absolute atomic E-state index is 12.5. The largest absolute Gasteiger partial charge is 0.378 e. The van der Waals surface area contributed by atoms with E-state index in [1.807, 2.05) is 43.3 Å². The molecule has 0 saturated heterocycles. The number of sulfonamides is 1. The first kappa shape index (κ1) is 23.2. The van der Waals surface area contributed by atoms with Gasteiger partial charge in [0.1, 0.15) is 4.90 Å². The predicted octanol–water partition coefficient (Wildman–Crippen LogP) is 2.59. The van der Waals surface area contributed by atoms with Crippen LogP contribution in [0.1, 0.15) is 19.4 Å². The van der Waals surface area contributed by atoms with Crippen molar-refractivity contribution < 1.29 is 13.2 Å². The predicted molar refractivity (Wildman–Crippen MR) is 118 cm³/mol.